The molecule has 1 aliphatic carbocycles. The molecule has 0 aliphatic heterocycles. The number of nitrogens with one attached hydrogen (secondary N) is 1. The van der Waals surface area contributed by atoms with Crippen LogP contribution in [0.1, 0.15) is 49.0 Å². The number of hydrogen-bond donors (Lipinski definition) is 2. The minimum atomic E-state index is -3.19. The average Bonchev–Trinajstić information content (AvgIpc) is 3.39. The molecule has 26 heavy (non-hydrogen) atoms. The summed E-state index contributed by atoms with van der Waals surface area (Å²) in [6.45, 7) is 4.12. The molecule has 0 heterocycles. The number of nitrogens with two attached hydrogens (primary N) is 1. The second-order valence-corrected chi connectivity index (χ2v) is 8.46. The molecule has 2 rings (SSSR count). The maximum Gasteiger partial charge on any atom is 0.335 e. The fourth-order valence-corrected chi connectivity index (χ4v) is 4.38. The van der Waals surface area contributed by atoms with Gasteiger partial charge >= 0.3 is 7.60 Å². The van der Waals surface area contributed by atoms with Gasteiger partial charge in [-0.05, 0) is 43.9 Å². The first-order valence-electron chi connectivity index (χ1n) is 8.94. The summed E-state index contributed by atoms with van der Waals surface area (Å²) >= 11 is 0. The first-order chi connectivity index (χ1) is 12.4. The third-order valence-corrected chi connectivity index (χ3v) is 6.21. The Balaban J connectivity index is 1.99. The normalized spacial score (nSPS) is 15.5. The summed E-state index contributed by atoms with van der Waals surface area (Å²) in [4.78, 5) is 23.9. The SMILES string of the molecule is CCOP(=O)(Cc1ccc(C(=O)N[C@@H](CC2CC2)C(N)=O)cc1)OCC. The van der Waals surface area contributed by atoms with Crippen LogP contribution in [0.5, 0.6) is 0 Å². The first kappa shape index (κ1) is 20.6. The maximum absolute atomic E-state index is 12.6. The Morgan fingerprint density at radius 3 is 2.23 bits per heavy atom. The van der Waals surface area contributed by atoms with Crippen molar-refractivity contribution in [3.8, 4) is 0 Å². The fraction of sp³-hybridized carbons (Fsp3) is 0.556. The summed E-state index contributed by atoms with van der Waals surface area (Å²) in [6, 6.07) is 6.02. The molecule has 0 spiro atoms. The van der Waals surface area contributed by atoms with Gasteiger partial charge in [0.2, 0.25) is 5.91 Å². The molecule has 1 saturated carbocycles. The molecule has 1 aliphatic rings. The molecule has 0 aromatic heterocycles. The first-order valence-corrected chi connectivity index (χ1v) is 10.7. The third kappa shape index (κ3) is 6.24. The van der Waals surface area contributed by atoms with Gasteiger partial charge in [0.25, 0.3) is 5.91 Å². The Hall–Kier alpha value is -1.69. The lowest BCUT2D eigenvalue weighted by atomic mass is 10.1. The summed E-state index contributed by atoms with van der Waals surface area (Å²) in [7, 11) is -3.19. The smallest absolute Gasteiger partial charge is 0.335 e. The van der Waals surface area contributed by atoms with E-state index in [9.17, 15) is 14.2 Å². The summed E-state index contributed by atoms with van der Waals surface area (Å²) < 4.78 is 23.1. The minimum absolute atomic E-state index is 0.141. The molecule has 2 amide bonds. The largest absolute Gasteiger partial charge is 0.368 e. The zero-order valence-corrected chi connectivity index (χ0v) is 16.2. The van der Waals surface area contributed by atoms with Crippen molar-refractivity contribution < 1.29 is 23.2 Å². The van der Waals surface area contributed by atoms with Crippen molar-refractivity contribution in [2.75, 3.05) is 13.2 Å². The highest BCUT2D eigenvalue weighted by atomic mass is 31.2. The predicted octanol–water partition coefficient (Wildman–Crippen LogP) is 2.84. The van der Waals surface area contributed by atoms with Crippen LogP contribution >= 0.6 is 7.60 Å². The standard InChI is InChI=1S/C18H27N2O5P/c1-3-24-26(23,25-4-2)12-14-7-9-15(10-8-14)18(22)20-16(17(19)21)11-13-5-6-13/h7-10,13,16H,3-6,11-12H2,1-2H3,(H2,19,21)(H,20,22)/t16-/m0/s1. The van der Waals surface area contributed by atoms with Gasteiger partial charge in [0.05, 0.1) is 19.4 Å². The molecule has 8 heteroatoms. The summed E-state index contributed by atoms with van der Waals surface area (Å²) in [5, 5.41) is 2.69. The maximum atomic E-state index is 12.6. The Kier molecular flexibility index (Phi) is 7.38. The van der Waals surface area contributed by atoms with Crippen LogP contribution in [0.15, 0.2) is 24.3 Å². The third-order valence-electron chi connectivity index (χ3n) is 4.16. The second-order valence-electron chi connectivity index (χ2n) is 6.41. The lowest BCUT2D eigenvalue weighted by Crippen LogP contribution is -2.44. The van der Waals surface area contributed by atoms with Crippen molar-refractivity contribution in [3.63, 3.8) is 0 Å². The van der Waals surface area contributed by atoms with Crippen molar-refractivity contribution in [2.24, 2.45) is 11.7 Å². The van der Waals surface area contributed by atoms with E-state index in [0.29, 0.717) is 31.1 Å². The summed E-state index contributed by atoms with van der Waals surface area (Å²) in [5.74, 6) is -0.392. The summed E-state index contributed by atoms with van der Waals surface area (Å²) in [5.41, 5.74) is 6.54. The Morgan fingerprint density at radius 2 is 1.77 bits per heavy atom. The van der Waals surface area contributed by atoms with Gasteiger partial charge in [0, 0.05) is 5.56 Å². The Morgan fingerprint density at radius 1 is 1.19 bits per heavy atom. The van der Waals surface area contributed by atoms with Crippen molar-refractivity contribution in [2.45, 2.75) is 45.3 Å². The Bertz CT molecular complexity index is 663. The van der Waals surface area contributed by atoms with Gasteiger partial charge in [0.15, 0.2) is 0 Å². The monoisotopic (exact) mass is 382 g/mol. The van der Waals surface area contributed by atoms with E-state index in [1.165, 1.54) is 0 Å². The van der Waals surface area contributed by atoms with Crippen molar-refractivity contribution in [1.29, 1.82) is 0 Å². The van der Waals surface area contributed by atoms with E-state index in [-0.39, 0.29) is 12.1 Å². The highest BCUT2D eigenvalue weighted by molar-refractivity contribution is 7.53. The number of hydrogen-bond acceptors (Lipinski definition) is 5. The zero-order chi connectivity index (χ0) is 19.2. The lowest BCUT2D eigenvalue weighted by Gasteiger charge is -2.17. The van der Waals surface area contributed by atoms with Gasteiger partial charge in [-0.25, -0.2) is 0 Å². The lowest BCUT2D eigenvalue weighted by molar-refractivity contribution is -0.120. The van der Waals surface area contributed by atoms with Crippen LogP contribution in [0.4, 0.5) is 0 Å². The molecule has 0 bridgehead atoms. The Labute approximate surface area is 154 Å². The van der Waals surface area contributed by atoms with Crippen LogP contribution in [0.3, 0.4) is 0 Å². The van der Waals surface area contributed by atoms with E-state index in [1.54, 1.807) is 38.1 Å². The van der Waals surface area contributed by atoms with Gasteiger partial charge in [0.1, 0.15) is 6.04 Å². The van der Waals surface area contributed by atoms with E-state index in [4.69, 9.17) is 14.8 Å². The molecule has 144 valence electrons. The molecular formula is C18H27N2O5P. The molecule has 1 atom stereocenters. The molecule has 1 fully saturated rings. The molecule has 0 radical (unpaired) electrons. The predicted molar refractivity (Wildman–Crippen MR) is 98.8 cm³/mol. The number of primary amides is 1. The van der Waals surface area contributed by atoms with E-state index >= 15 is 0 Å². The van der Waals surface area contributed by atoms with Crippen LogP contribution < -0.4 is 11.1 Å². The topological polar surface area (TPSA) is 108 Å². The van der Waals surface area contributed by atoms with Crippen LogP contribution in [-0.2, 0) is 24.6 Å². The number of carbonyl (C=O) groups is 2. The van der Waals surface area contributed by atoms with Gasteiger partial charge in [-0.15, -0.1) is 0 Å². The molecule has 7 nitrogen and oxygen atoms in total. The van der Waals surface area contributed by atoms with E-state index < -0.39 is 19.5 Å². The van der Waals surface area contributed by atoms with E-state index in [1.807, 2.05) is 0 Å². The van der Waals surface area contributed by atoms with Gasteiger partial charge in [-0.1, -0.05) is 25.0 Å². The van der Waals surface area contributed by atoms with Gasteiger partial charge in [-0.3, -0.25) is 14.2 Å². The van der Waals surface area contributed by atoms with Crippen molar-refractivity contribution in [1.82, 2.24) is 5.32 Å². The minimum Gasteiger partial charge on any atom is -0.368 e. The molecule has 1 aromatic carbocycles. The molecule has 3 N–H and O–H groups in total. The van der Waals surface area contributed by atoms with E-state index in [0.717, 1.165) is 18.4 Å². The number of amides is 2. The highest BCUT2D eigenvalue weighted by Gasteiger charge is 2.29. The zero-order valence-electron chi connectivity index (χ0n) is 15.3. The van der Waals surface area contributed by atoms with E-state index in [2.05, 4.69) is 5.32 Å². The number of rotatable bonds is 11. The highest BCUT2D eigenvalue weighted by Crippen LogP contribution is 2.51. The average molecular weight is 382 g/mol. The summed E-state index contributed by atoms with van der Waals surface area (Å²) in [6.07, 6.45) is 2.88. The van der Waals surface area contributed by atoms with Crippen molar-refractivity contribution >= 4 is 19.4 Å². The molecule has 1 aromatic rings. The molecule has 0 saturated heterocycles. The number of benzene rings is 1. The van der Waals surface area contributed by atoms with Gasteiger partial charge < -0.3 is 20.1 Å². The van der Waals surface area contributed by atoms with Crippen LogP contribution in [-0.4, -0.2) is 31.1 Å². The fourth-order valence-electron chi connectivity index (χ4n) is 2.68. The molecular weight excluding hydrogens is 355 g/mol. The van der Waals surface area contributed by atoms with Crippen LogP contribution in [0, 0.1) is 5.92 Å². The number of carbonyl (C=O) groups excluding carboxylic acids is 2. The van der Waals surface area contributed by atoms with Gasteiger partial charge in [-0.2, -0.15) is 0 Å². The quantitative estimate of drug-likeness (QED) is 0.572. The second kappa shape index (κ2) is 9.31. The van der Waals surface area contributed by atoms with Crippen LogP contribution in [0.2, 0.25) is 0 Å². The molecule has 0 unspecified atom stereocenters. The van der Waals surface area contributed by atoms with Crippen LogP contribution in [0.25, 0.3) is 0 Å². The van der Waals surface area contributed by atoms with Crippen molar-refractivity contribution in [3.05, 3.63) is 35.4 Å².